The van der Waals surface area contributed by atoms with Gasteiger partial charge in [0.1, 0.15) is 11.8 Å². The summed E-state index contributed by atoms with van der Waals surface area (Å²) >= 11 is 0. The van der Waals surface area contributed by atoms with Crippen LogP contribution in [-0.2, 0) is 6.54 Å². The molecule has 5 heteroatoms. The Labute approximate surface area is 126 Å². The average molecular weight is 294 g/mol. The molecule has 2 saturated heterocycles. The molecule has 0 aromatic heterocycles. The SMILES string of the molecule is COc1cc(CN2C[C@H]3CNC[C@H]3C2)ccc1C#N.Cl. The molecule has 2 aliphatic heterocycles. The van der Waals surface area contributed by atoms with Gasteiger partial charge in [-0.1, -0.05) is 6.07 Å². The van der Waals surface area contributed by atoms with Crippen molar-refractivity contribution in [3.63, 3.8) is 0 Å². The molecule has 1 N–H and O–H groups in total. The Morgan fingerprint density at radius 1 is 1.35 bits per heavy atom. The third kappa shape index (κ3) is 2.90. The van der Waals surface area contributed by atoms with Crippen LogP contribution >= 0.6 is 12.4 Å². The Kier molecular flexibility index (Phi) is 4.87. The van der Waals surface area contributed by atoms with E-state index in [0.717, 1.165) is 31.5 Å². The molecule has 0 spiro atoms. The number of rotatable bonds is 3. The molecule has 0 bridgehead atoms. The van der Waals surface area contributed by atoms with E-state index in [1.54, 1.807) is 7.11 Å². The lowest BCUT2D eigenvalue weighted by Gasteiger charge is -2.17. The first kappa shape index (κ1) is 15.1. The summed E-state index contributed by atoms with van der Waals surface area (Å²) in [5, 5.41) is 12.4. The molecule has 0 amide bonds. The third-order valence-corrected chi connectivity index (χ3v) is 4.26. The summed E-state index contributed by atoms with van der Waals surface area (Å²) in [5.41, 5.74) is 1.83. The lowest BCUT2D eigenvalue weighted by atomic mass is 10.0. The molecule has 3 rings (SSSR count). The zero-order chi connectivity index (χ0) is 13.2. The molecule has 0 aliphatic carbocycles. The van der Waals surface area contributed by atoms with Crippen molar-refractivity contribution in [2.75, 3.05) is 33.3 Å². The standard InChI is InChI=1S/C15H19N3O.ClH/c1-19-15-4-11(2-3-12(15)5-16)8-18-9-13-6-17-7-14(13)10-18;/h2-4,13-14,17H,6-10H2,1H3;1H/t13-,14+;. The molecule has 108 valence electrons. The Morgan fingerprint density at radius 2 is 2.05 bits per heavy atom. The fourth-order valence-electron chi connectivity index (χ4n) is 3.27. The van der Waals surface area contributed by atoms with Crippen LogP contribution < -0.4 is 10.1 Å². The fraction of sp³-hybridized carbons (Fsp3) is 0.533. The van der Waals surface area contributed by atoms with Gasteiger partial charge in [-0.25, -0.2) is 0 Å². The van der Waals surface area contributed by atoms with Crippen molar-refractivity contribution < 1.29 is 4.74 Å². The Balaban J connectivity index is 0.00000147. The quantitative estimate of drug-likeness (QED) is 0.920. The lowest BCUT2D eigenvalue weighted by molar-refractivity contribution is 0.305. The van der Waals surface area contributed by atoms with Crippen LogP contribution in [0.15, 0.2) is 18.2 Å². The number of likely N-dealkylation sites (tertiary alicyclic amines) is 1. The van der Waals surface area contributed by atoms with Crippen LogP contribution in [0.4, 0.5) is 0 Å². The summed E-state index contributed by atoms with van der Waals surface area (Å²) in [5.74, 6) is 2.32. The highest BCUT2D eigenvalue weighted by Gasteiger charge is 2.35. The number of halogens is 1. The van der Waals surface area contributed by atoms with Gasteiger partial charge in [0.05, 0.1) is 12.7 Å². The molecule has 2 heterocycles. The zero-order valence-electron chi connectivity index (χ0n) is 11.6. The van der Waals surface area contributed by atoms with Gasteiger partial charge in [-0.15, -0.1) is 12.4 Å². The van der Waals surface area contributed by atoms with Crippen molar-refractivity contribution in [1.29, 1.82) is 5.26 Å². The van der Waals surface area contributed by atoms with Gasteiger partial charge < -0.3 is 10.1 Å². The molecular formula is C15H20ClN3O. The van der Waals surface area contributed by atoms with E-state index in [-0.39, 0.29) is 12.4 Å². The van der Waals surface area contributed by atoms with Crippen molar-refractivity contribution >= 4 is 12.4 Å². The van der Waals surface area contributed by atoms with Crippen LogP contribution in [0.2, 0.25) is 0 Å². The first-order valence-corrected chi connectivity index (χ1v) is 6.80. The number of nitriles is 1. The molecule has 0 unspecified atom stereocenters. The molecule has 0 radical (unpaired) electrons. The summed E-state index contributed by atoms with van der Waals surface area (Å²) in [4.78, 5) is 2.51. The van der Waals surface area contributed by atoms with Crippen LogP contribution in [0, 0.1) is 23.2 Å². The number of hydrogen-bond donors (Lipinski definition) is 1. The molecule has 20 heavy (non-hydrogen) atoms. The summed E-state index contributed by atoms with van der Waals surface area (Å²) in [6, 6.07) is 8.03. The second kappa shape index (κ2) is 6.45. The molecule has 2 aliphatic rings. The molecule has 0 saturated carbocycles. The summed E-state index contributed by atoms with van der Waals surface area (Å²) in [6.45, 7) is 5.64. The van der Waals surface area contributed by atoms with Crippen molar-refractivity contribution in [2.45, 2.75) is 6.54 Å². The smallest absolute Gasteiger partial charge is 0.136 e. The topological polar surface area (TPSA) is 48.3 Å². The largest absolute Gasteiger partial charge is 0.495 e. The van der Waals surface area contributed by atoms with Crippen molar-refractivity contribution in [3.8, 4) is 11.8 Å². The van der Waals surface area contributed by atoms with Crippen molar-refractivity contribution in [3.05, 3.63) is 29.3 Å². The van der Waals surface area contributed by atoms with Crippen LogP contribution in [0.5, 0.6) is 5.75 Å². The second-order valence-electron chi connectivity index (χ2n) is 5.52. The maximum atomic E-state index is 8.99. The number of nitrogens with zero attached hydrogens (tertiary/aromatic N) is 2. The van der Waals surface area contributed by atoms with E-state index in [1.807, 2.05) is 18.2 Å². The summed E-state index contributed by atoms with van der Waals surface area (Å²) in [7, 11) is 1.62. The fourth-order valence-corrected chi connectivity index (χ4v) is 3.27. The number of benzene rings is 1. The van der Waals surface area contributed by atoms with Crippen molar-refractivity contribution in [2.24, 2.45) is 11.8 Å². The first-order chi connectivity index (χ1) is 9.30. The first-order valence-electron chi connectivity index (χ1n) is 6.80. The van der Waals surface area contributed by atoms with Gasteiger partial charge in [-0.2, -0.15) is 5.26 Å². The second-order valence-corrected chi connectivity index (χ2v) is 5.52. The summed E-state index contributed by atoms with van der Waals surface area (Å²) < 4.78 is 5.26. The predicted molar refractivity (Wildman–Crippen MR) is 80.1 cm³/mol. The maximum Gasteiger partial charge on any atom is 0.136 e. The highest BCUT2D eigenvalue weighted by molar-refractivity contribution is 5.85. The number of hydrogen-bond acceptors (Lipinski definition) is 4. The summed E-state index contributed by atoms with van der Waals surface area (Å²) in [6.07, 6.45) is 0. The maximum absolute atomic E-state index is 8.99. The van der Waals surface area contributed by atoms with Gasteiger partial charge in [-0.05, 0) is 42.6 Å². The van der Waals surface area contributed by atoms with Gasteiger partial charge >= 0.3 is 0 Å². The minimum atomic E-state index is 0. The van der Waals surface area contributed by atoms with Gasteiger partial charge in [0, 0.05) is 19.6 Å². The van der Waals surface area contributed by atoms with Gasteiger partial charge in [0.25, 0.3) is 0 Å². The molecule has 1 aromatic rings. The van der Waals surface area contributed by atoms with E-state index in [0.29, 0.717) is 11.3 Å². The Hall–Kier alpha value is -1.28. The number of ether oxygens (including phenoxy) is 1. The average Bonchev–Trinajstić information content (AvgIpc) is 2.99. The van der Waals surface area contributed by atoms with E-state index < -0.39 is 0 Å². The number of fused-ring (bicyclic) bond motifs is 1. The van der Waals surface area contributed by atoms with Crippen LogP contribution in [0.25, 0.3) is 0 Å². The van der Waals surface area contributed by atoms with Gasteiger partial charge in [0.2, 0.25) is 0 Å². The van der Waals surface area contributed by atoms with E-state index in [1.165, 1.54) is 18.7 Å². The number of methoxy groups -OCH3 is 1. The van der Waals surface area contributed by atoms with Crippen LogP contribution in [-0.4, -0.2) is 38.2 Å². The van der Waals surface area contributed by atoms with Gasteiger partial charge in [0.15, 0.2) is 0 Å². The molecular weight excluding hydrogens is 274 g/mol. The van der Waals surface area contributed by atoms with E-state index >= 15 is 0 Å². The monoisotopic (exact) mass is 293 g/mol. The zero-order valence-corrected chi connectivity index (χ0v) is 12.4. The Morgan fingerprint density at radius 3 is 2.65 bits per heavy atom. The Bertz CT molecular complexity index is 502. The third-order valence-electron chi connectivity index (χ3n) is 4.26. The van der Waals surface area contributed by atoms with E-state index in [4.69, 9.17) is 10.00 Å². The highest BCUT2D eigenvalue weighted by Crippen LogP contribution is 2.28. The molecule has 2 atom stereocenters. The normalized spacial score (nSPS) is 24.8. The van der Waals surface area contributed by atoms with Crippen LogP contribution in [0.3, 0.4) is 0 Å². The molecule has 2 fully saturated rings. The van der Waals surface area contributed by atoms with Crippen LogP contribution in [0.1, 0.15) is 11.1 Å². The molecule has 4 nitrogen and oxygen atoms in total. The minimum absolute atomic E-state index is 0. The van der Waals surface area contributed by atoms with E-state index in [9.17, 15) is 0 Å². The van der Waals surface area contributed by atoms with Gasteiger partial charge in [-0.3, -0.25) is 4.90 Å². The lowest BCUT2D eigenvalue weighted by Crippen LogP contribution is -2.25. The number of nitrogens with one attached hydrogen (secondary N) is 1. The molecule has 1 aromatic carbocycles. The predicted octanol–water partition coefficient (Wildman–Crippen LogP) is 1.64. The van der Waals surface area contributed by atoms with Crippen molar-refractivity contribution in [1.82, 2.24) is 10.2 Å². The van der Waals surface area contributed by atoms with E-state index in [2.05, 4.69) is 16.3 Å². The minimum Gasteiger partial charge on any atom is -0.495 e. The highest BCUT2D eigenvalue weighted by atomic mass is 35.5.